The zero-order valence-electron chi connectivity index (χ0n) is 9.26. The molecule has 0 saturated carbocycles. The van der Waals surface area contributed by atoms with Crippen molar-refractivity contribution in [1.82, 2.24) is 5.32 Å². The summed E-state index contributed by atoms with van der Waals surface area (Å²) in [6.07, 6.45) is 1.27. The Kier molecular flexibility index (Phi) is 2.83. The largest absolute Gasteiger partial charge is 0.289 e. The monoisotopic (exact) mass is 279 g/mol. The number of nitrogens with one attached hydrogen (secondary N) is 1. The molecule has 0 radical (unpaired) electrons. The SMILES string of the molecule is O=C1NC(=O)C2=C1CCC2SC(=O)c1cccs1. The molecule has 6 heteroatoms. The maximum Gasteiger partial charge on any atom is 0.255 e. The predicted octanol–water partition coefficient (Wildman–Crippen LogP) is 1.74. The maximum atomic E-state index is 12.0. The summed E-state index contributed by atoms with van der Waals surface area (Å²) < 4.78 is 0. The van der Waals surface area contributed by atoms with Crippen LogP contribution < -0.4 is 5.32 Å². The Bertz CT molecular complexity index is 574. The van der Waals surface area contributed by atoms with Crippen molar-refractivity contribution in [1.29, 1.82) is 0 Å². The third kappa shape index (κ3) is 1.81. The summed E-state index contributed by atoms with van der Waals surface area (Å²) in [6, 6.07) is 3.59. The van der Waals surface area contributed by atoms with Crippen molar-refractivity contribution in [3.8, 4) is 0 Å². The van der Waals surface area contributed by atoms with Gasteiger partial charge in [0, 0.05) is 16.4 Å². The molecule has 1 aliphatic heterocycles. The van der Waals surface area contributed by atoms with E-state index in [9.17, 15) is 14.4 Å². The van der Waals surface area contributed by atoms with Gasteiger partial charge in [-0.05, 0) is 24.3 Å². The number of imide groups is 1. The van der Waals surface area contributed by atoms with Crippen LogP contribution in [-0.2, 0) is 9.59 Å². The van der Waals surface area contributed by atoms with E-state index in [1.54, 1.807) is 6.07 Å². The molecule has 0 saturated heterocycles. The van der Waals surface area contributed by atoms with E-state index in [2.05, 4.69) is 5.32 Å². The number of carbonyl (C=O) groups excluding carboxylic acids is 3. The number of carbonyl (C=O) groups is 3. The minimum Gasteiger partial charge on any atom is -0.289 e. The van der Waals surface area contributed by atoms with Crippen molar-refractivity contribution in [2.24, 2.45) is 0 Å². The number of hydrogen-bond donors (Lipinski definition) is 1. The van der Waals surface area contributed by atoms with Gasteiger partial charge in [0.05, 0.1) is 4.88 Å². The van der Waals surface area contributed by atoms with Crippen LogP contribution in [0, 0.1) is 0 Å². The average molecular weight is 279 g/mol. The highest BCUT2D eigenvalue weighted by atomic mass is 32.2. The summed E-state index contributed by atoms with van der Waals surface area (Å²) in [5.41, 5.74) is 1.08. The summed E-state index contributed by atoms with van der Waals surface area (Å²) in [5.74, 6) is -0.620. The summed E-state index contributed by atoms with van der Waals surface area (Å²) >= 11 is 2.53. The van der Waals surface area contributed by atoms with Crippen LogP contribution in [0.15, 0.2) is 28.7 Å². The van der Waals surface area contributed by atoms with Gasteiger partial charge in [-0.3, -0.25) is 19.7 Å². The number of thiophene rings is 1. The lowest BCUT2D eigenvalue weighted by atomic mass is 10.2. The van der Waals surface area contributed by atoms with Gasteiger partial charge in [-0.15, -0.1) is 11.3 Å². The van der Waals surface area contributed by atoms with Gasteiger partial charge in [-0.2, -0.15) is 0 Å². The first-order valence-corrected chi connectivity index (χ1v) is 7.26. The molecule has 92 valence electrons. The highest BCUT2D eigenvalue weighted by Gasteiger charge is 2.40. The molecular formula is C12H9NO3S2. The summed E-state index contributed by atoms with van der Waals surface area (Å²) in [4.78, 5) is 35.7. The molecule has 3 rings (SSSR count). The van der Waals surface area contributed by atoms with Crippen LogP contribution in [0.25, 0.3) is 0 Å². The zero-order chi connectivity index (χ0) is 12.7. The number of rotatable bonds is 2. The second-order valence-electron chi connectivity index (χ2n) is 4.09. The molecular weight excluding hydrogens is 270 g/mol. The Balaban J connectivity index is 1.79. The van der Waals surface area contributed by atoms with Crippen molar-refractivity contribution in [3.63, 3.8) is 0 Å². The normalized spacial score (nSPS) is 22.3. The minimum absolute atomic E-state index is 0.0316. The van der Waals surface area contributed by atoms with E-state index in [1.807, 2.05) is 11.4 Å². The molecule has 18 heavy (non-hydrogen) atoms. The van der Waals surface area contributed by atoms with Crippen molar-refractivity contribution < 1.29 is 14.4 Å². The van der Waals surface area contributed by atoms with Crippen molar-refractivity contribution in [2.45, 2.75) is 18.1 Å². The highest BCUT2D eigenvalue weighted by molar-refractivity contribution is 8.15. The number of amides is 2. The van der Waals surface area contributed by atoms with Crippen LogP contribution >= 0.6 is 23.1 Å². The van der Waals surface area contributed by atoms with Gasteiger partial charge in [0.2, 0.25) is 5.12 Å². The van der Waals surface area contributed by atoms with Crippen LogP contribution in [0.2, 0.25) is 0 Å². The van der Waals surface area contributed by atoms with E-state index in [1.165, 1.54) is 11.3 Å². The predicted molar refractivity (Wildman–Crippen MR) is 69.4 cm³/mol. The van der Waals surface area contributed by atoms with Gasteiger partial charge < -0.3 is 0 Å². The third-order valence-electron chi connectivity index (χ3n) is 3.02. The molecule has 1 aliphatic carbocycles. The van der Waals surface area contributed by atoms with Crippen LogP contribution in [0.3, 0.4) is 0 Å². The van der Waals surface area contributed by atoms with E-state index in [0.29, 0.717) is 28.9 Å². The first-order chi connectivity index (χ1) is 8.66. The summed E-state index contributed by atoms with van der Waals surface area (Å²) in [5, 5.41) is 3.92. The molecule has 2 amide bonds. The van der Waals surface area contributed by atoms with Crippen LogP contribution in [0.4, 0.5) is 0 Å². The molecule has 0 fully saturated rings. The Hall–Kier alpha value is -1.40. The quantitative estimate of drug-likeness (QED) is 0.838. The van der Waals surface area contributed by atoms with Gasteiger partial charge in [0.1, 0.15) is 0 Å². The highest BCUT2D eigenvalue weighted by Crippen LogP contribution is 2.39. The van der Waals surface area contributed by atoms with Crippen molar-refractivity contribution in [3.05, 3.63) is 33.5 Å². The van der Waals surface area contributed by atoms with E-state index in [0.717, 1.165) is 11.8 Å². The van der Waals surface area contributed by atoms with Crippen LogP contribution in [-0.4, -0.2) is 22.2 Å². The Morgan fingerprint density at radius 1 is 1.39 bits per heavy atom. The molecule has 1 N–H and O–H groups in total. The van der Waals surface area contributed by atoms with Crippen molar-refractivity contribution >= 4 is 40.0 Å². The van der Waals surface area contributed by atoms with E-state index >= 15 is 0 Å². The first-order valence-electron chi connectivity index (χ1n) is 5.50. The number of thioether (sulfide) groups is 1. The first kappa shape index (κ1) is 11.7. The fourth-order valence-corrected chi connectivity index (χ4v) is 4.10. The lowest BCUT2D eigenvalue weighted by molar-refractivity contribution is -0.124. The minimum atomic E-state index is -0.330. The average Bonchev–Trinajstić information content (AvgIpc) is 3.01. The summed E-state index contributed by atoms with van der Waals surface area (Å²) in [7, 11) is 0. The molecule has 0 bridgehead atoms. The molecule has 1 aromatic heterocycles. The zero-order valence-corrected chi connectivity index (χ0v) is 10.9. The van der Waals surface area contributed by atoms with E-state index in [-0.39, 0.29) is 22.2 Å². The summed E-state index contributed by atoms with van der Waals surface area (Å²) in [6.45, 7) is 0. The molecule has 0 spiro atoms. The van der Waals surface area contributed by atoms with E-state index < -0.39 is 0 Å². The topological polar surface area (TPSA) is 63.2 Å². The van der Waals surface area contributed by atoms with Crippen molar-refractivity contribution in [2.75, 3.05) is 0 Å². The fourth-order valence-electron chi connectivity index (χ4n) is 2.21. The number of hydrogen-bond acceptors (Lipinski definition) is 5. The molecule has 2 heterocycles. The third-order valence-corrected chi connectivity index (χ3v) is 5.21. The lowest BCUT2D eigenvalue weighted by Crippen LogP contribution is -2.26. The molecule has 1 unspecified atom stereocenters. The Labute approximate surface area is 111 Å². The van der Waals surface area contributed by atoms with Gasteiger partial charge in [-0.25, -0.2) is 0 Å². The van der Waals surface area contributed by atoms with Gasteiger partial charge in [0.15, 0.2) is 0 Å². The standard InChI is InChI=1S/C12H9NO3S2/c14-10-6-3-4-7(9(6)11(15)13-10)18-12(16)8-2-1-5-17-8/h1-2,5,7H,3-4H2,(H,13,14,15). The molecule has 2 aliphatic rings. The fraction of sp³-hybridized carbons (Fsp3) is 0.250. The van der Waals surface area contributed by atoms with Gasteiger partial charge in [-0.1, -0.05) is 17.8 Å². The van der Waals surface area contributed by atoms with Gasteiger partial charge >= 0.3 is 0 Å². The Morgan fingerprint density at radius 3 is 2.94 bits per heavy atom. The second-order valence-corrected chi connectivity index (χ2v) is 6.21. The molecule has 0 aromatic carbocycles. The smallest absolute Gasteiger partial charge is 0.255 e. The van der Waals surface area contributed by atoms with Gasteiger partial charge in [0.25, 0.3) is 11.8 Å². The van der Waals surface area contributed by atoms with Crippen LogP contribution in [0.5, 0.6) is 0 Å². The lowest BCUT2D eigenvalue weighted by Gasteiger charge is -2.09. The Morgan fingerprint density at radius 2 is 2.22 bits per heavy atom. The second kappa shape index (κ2) is 4.37. The maximum absolute atomic E-state index is 12.0. The van der Waals surface area contributed by atoms with Crippen LogP contribution in [0.1, 0.15) is 22.5 Å². The molecule has 4 nitrogen and oxygen atoms in total. The van der Waals surface area contributed by atoms with E-state index in [4.69, 9.17) is 0 Å². The molecule has 1 atom stereocenters. The molecule has 1 aromatic rings.